The number of nitrogens with one attached hydrogen (secondary N) is 1. The van der Waals surface area contributed by atoms with Crippen LogP contribution in [0, 0.1) is 0 Å². The smallest absolute Gasteiger partial charge is 0.226 e. The van der Waals surface area contributed by atoms with Crippen LogP contribution < -0.4 is 5.32 Å². The Bertz CT molecular complexity index is 646. The van der Waals surface area contributed by atoms with Crippen molar-refractivity contribution in [3.05, 3.63) is 35.2 Å². The first-order valence-electron chi connectivity index (χ1n) is 8.23. The number of aromatic nitrogens is 1. The maximum absolute atomic E-state index is 12.0. The van der Waals surface area contributed by atoms with Gasteiger partial charge in [0.2, 0.25) is 5.91 Å². The van der Waals surface area contributed by atoms with Crippen molar-refractivity contribution in [1.29, 1.82) is 0 Å². The van der Waals surface area contributed by atoms with Crippen LogP contribution in [0.5, 0.6) is 0 Å². The Hall–Kier alpha value is -1.70. The van der Waals surface area contributed by atoms with Gasteiger partial charge in [-0.15, -0.1) is 11.3 Å². The van der Waals surface area contributed by atoms with Crippen LogP contribution in [-0.2, 0) is 22.5 Å². The Morgan fingerprint density at radius 1 is 1.42 bits per heavy atom. The molecular weight excluding hydrogens is 326 g/mol. The van der Waals surface area contributed by atoms with Crippen LogP contribution >= 0.6 is 11.3 Å². The first kappa shape index (κ1) is 17.1. The molecule has 1 N–H and O–H groups in total. The van der Waals surface area contributed by atoms with Crippen molar-refractivity contribution in [1.82, 2.24) is 9.88 Å². The Morgan fingerprint density at radius 3 is 2.92 bits per heavy atom. The topological polar surface area (TPSA) is 67.6 Å². The van der Waals surface area contributed by atoms with E-state index in [0.29, 0.717) is 18.0 Å². The minimum absolute atomic E-state index is 0.0408. The van der Waals surface area contributed by atoms with Crippen LogP contribution in [0.2, 0.25) is 0 Å². The zero-order valence-corrected chi connectivity index (χ0v) is 14.8. The van der Waals surface area contributed by atoms with E-state index in [2.05, 4.69) is 29.0 Å². The SMILES string of the molecule is CC1CN(Cc2csc(NC(=O)CCc3ccco3)n2)CC(C)O1. The van der Waals surface area contributed by atoms with Crippen LogP contribution in [0.15, 0.2) is 28.2 Å². The van der Waals surface area contributed by atoms with Crippen molar-refractivity contribution in [3.8, 4) is 0 Å². The van der Waals surface area contributed by atoms with Crippen molar-refractivity contribution < 1.29 is 13.9 Å². The van der Waals surface area contributed by atoms with Crippen LogP contribution in [0.1, 0.15) is 31.7 Å². The van der Waals surface area contributed by atoms with Crippen LogP contribution in [-0.4, -0.2) is 41.1 Å². The minimum atomic E-state index is -0.0408. The number of thiazole rings is 1. The monoisotopic (exact) mass is 349 g/mol. The second-order valence-corrected chi connectivity index (χ2v) is 7.08. The number of hydrogen-bond donors (Lipinski definition) is 1. The standard InChI is InChI=1S/C17H23N3O3S/c1-12-8-20(9-13(2)23-12)10-14-11-24-17(18-14)19-16(21)6-5-15-4-3-7-22-15/h3-4,7,11-13H,5-6,8-10H2,1-2H3,(H,18,19,21). The van der Waals surface area contributed by atoms with Crippen molar-refractivity contribution in [2.45, 2.75) is 45.4 Å². The van der Waals surface area contributed by atoms with Gasteiger partial charge in [-0.2, -0.15) is 0 Å². The van der Waals surface area contributed by atoms with Gasteiger partial charge < -0.3 is 14.5 Å². The molecule has 0 saturated carbocycles. The van der Waals surface area contributed by atoms with Crippen LogP contribution in [0.25, 0.3) is 0 Å². The summed E-state index contributed by atoms with van der Waals surface area (Å²) >= 11 is 1.47. The number of carbonyl (C=O) groups is 1. The summed E-state index contributed by atoms with van der Waals surface area (Å²) in [5.41, 5.74) is 0.989. The number of carbonyl (C=O) groups excluding carboxylic acids is 1. The van der Waals surface area contributed by atoms with E-state index in [-0.39, 0.29) is 18.1 Å². The van der Waals surface area contributed by atoms with Crippen molar-refractivity contribution in [3.63, 3.8) is 0 Å². The zero-order valence-electron chi connectivity index (χ0n) is 14.0. The van der Waals surface area contributed by atoms with Crippen LogP contribution in [0.3, 0.4) is 0 Å². The van der Waals surface area contributed by atoms with Crippen molar-refractivity contribution in [2.24, 2.45) is 0 Å². The Morgan fingerprint density at radius 2 is 2.21 bits per heavy atom. The molecule has 2 atom stereocenters. The van der Waals surface area contributed by atoms with Gasteiger partial charge in [0.05, 0.1) is 24.2 Å². The summed E-state index contributed by atoms with van der Waals surface area (Å²) in [5, 5.41) is 5.53. The van der Waals surface area contributed by atoms with Gasteiger partial charge in [-0.05, 0) is 26.0 Å². The number of furan rings is 1. The quantitative estimate of drug-likeness (QED) is 0.868. The fourth-order valence-electron chi connectivity index (χ4n) is 2.95. The predicted molar refractivity (Wildman–Crippen MR) is 93.1 cm³/mol. The fourth-order valence-corrected chi connectivity index (χ4v) is 3.67. The molecule has 0 aliphatic carbocycles. The molecule has 0 radical (unpaired) electrons. The molecule has 0 bridgehead atoms. The third kappa shape index (κ3) is 4.90. The van der Waals surface area contributed by atoms with Gasteiger partial charge in [-0.3, -0.25) is 9.69 Å². The lowest BCUT2D eigenvalue weighted by Crippen LogP contribution is -2.44. The molecule has 0 spiro atoms. The molecule has 3 rings (SSSR count). The second kappa shape index (κ2) is 7.92. The van der Waals surface area contributed by atoms with Gasteiger partial charge in [0.1, 0.15) is 5.76 Å². The number of nitrogens with zero attached hydrogens (tertiary/aromatic N) is 2. The second-order valence-electron chi connectivity index (χ2n) is 6.22. The van der Waals surface area contributed by atoms with E-state index in [9.17, 15) is 4.79 Å². The lowest BCUT2D eigenvalue weighted by atomic mass is 10.2. The highest BCUT2D eigenvalue weighted by Crippen LogP contribution is 2.19. The molecule has 3 heterocycles. The molecule has 0 aromatic carbocycles. The van der Waals surface area contributed by atoms with Gasteiger partial charge in [0, 0.05) is 37.9 Å². The van der Waals surface area contributed by atoms with Gasteiger partial charge >= 0.3 is 0 Å². The van der Waals surface area contributed by atoms with E-state index in [0.717, 1.165) is 31.1 Å². The first-order valence-corrected chi connectivity index (χ1v) is 9.11. The molecule has 130 valence electrons. The molecule has 7 heteroatoms. The van der Waals surface area contributed by atoms with E-state index in [4.69, 9.17) is 9.15 Å². The average Bonchev–Trinajstić information content (AvgIpc) is 3.16. The normalized spacial score (nSPS) is 21.8. The van der Waals surface area contributed by atoms with E-state index in [1.54, 1.807) is 6.26 Å². The summed E-state index contributed by atoms with van der Waals surface area (Å²) in [6.45, 7) is 6.79. The summed E-state index contributed by atoms with van der Waals surface area (Å²) < 4.78 is 11.0. The Balaban J connectivity index is 1.47. The third-order valence-corrected chi connectivity index (χ3v) is 4.66. The summed E-state index contributed by atoms with van der Waals surface area (Å²) in [6, 6.07) is 3.70. The van der Waals surface area contributed by atoms with Gasteiger partial charge in [-0.1, -0.05) is 0 Å². The largest absolute Gasteiger partial charge is 0.469 e. The summed E-state index contributed by atoms with van der Waals surface area (Å²) in [5.74, 6) is 0.779. The van der Waals surface area contributed by atoms with E-state index < -0.39 is 0 Å². The molecular formula is C17H23N3O3S. The number of amides is 1. The molecule has 2 aromatic rings. The molecule has 24 heavy (non-hydrogen) atoms. The number of hydrogen-bond acceptors (Lipinski definition) is 6. The van der Waals surface area contributed by atoms with Crippen LogP contribution in [0.4, 0.5) is 5.13 Å². The predicted octanol–water partition coefficient (Wildman–Crippen LogP) is 2.92. The number of rotatable bonds is 6. The lowest BCUT2D eigenvalue weighted by molar-refractivity contribution is -0.116. The molecule has 1 fully saturated rings. The number of morpholine rings is 1. The Kier molecular flexibility index (Phi) is 5.65. The molecule has 2 aromatic heterocycles. The molecule has 6 nitrogen and oxygen atoms in total. The van der Waals surface area contributed by atoms with Gasteiger partial charge in [-0.25, -0.2) is 4.98 Å². The van der Waals surface area contributed by atoms with E-state index in [1.807, 2.05) is 17.5 Å². The van der Waals surface area contributed by atoms with Gasteiger partial charge in [0.25, 0.3) is 0 Å². The Labute approximate surface area is 145 Å². The molecule has 2 unspecified atom stereocenters. The summed E-state index contributed by atoms with van der Waals surface area (Å²) in [6.07, 6.45) is 3.09. The number of anilines is 1. The summed E-state index contributed by atoms with van der Waals surface area (Å²) in [4.78, 5) is 18.8. The highest BCUT2D eigenvalue weighted by molar-refractivity contribution is 7.13. The maximum Gasteiger partial charge on any atom is 0.226 e. The molecule has 1 aliphatic heterocycles. The molecule has 1 amide bonds. The van der Waals surface area contributed by atoms with Crippen molar-refractivity contribution >= 4 is 22.4 Å². The summed E-state index contributed by atoms with van der Waals surface area (Å²) in [7, 11) is 0. The highest BCUT2D eigenvalue weighted by Gasteiger charge is 2.22. The number of aryl methyl sites for hydroxylation is 1. The molecule has 1 saturated heterocycles. The number of ether oxygens (including phenoxy) is 1. The first-order chi connectivity index (χ1) is 11.6. The van der Waals surface area contributed by atoms with Gasteiger partial charge in [0.15, 0.2) is 5.13 Å². The molecule has 1 aliphatic rings. The highest BCUT2D eigenvalue weighted by atomic mass is 32.1. The van der Waals surface area contributed by atoms with E-state index >= 15 is 0 Å². The maximum atomic E-state index is 12.0. The van der Waals surface area contributed by atoms with Crippen molar-refractivity contribution in [2.75, 3.05) is 18.4 Å². The average molecular weight is 349 g/mol. The lowest BCUT2D eigenvalue weighted by Gasteiger charge is -2.34. The fraction of sp³-hybridized carbons (Fsp3) is 0.529. The minimum Gasteiger partial charge on any atom is -0.469 e. The van der Waals surface area contributed by atoms with E-state index in [1.165, 1.54) is 11.3 Å². The third-order valence-electron chi connectivity index (χ3n) is 3.86. The zero-order chi connectivity index (χ0) is 16.9.